The number of halogens is 2. The Morgan fingerprint density at radius 1 is 1.12 bits per heavy atom. The van der Waals surface area contributed by atoms with E-state index < -0.39 is 0 Å². The Balaban J connectivity index is 2.42. The highest BCUT2D eigenvalue weighted by Gasteiger charge is 2.04. The van der Waals surface area contributed by atoms with Crippen LogP contribution >= 0.6 is 31.9 Å². The van der Waals surface area contributed by atoms with Crippen molar-refractivity contribution < 1.29 is 9.47 Å². The molecular weight excluding hydrogens is 336 g/mol. The van der Waals surface area contributed by atoms with E-state index in [0.29, 0.717) is 0 Å². The van der Waals surface area contributed by atoms with Gasteiger partial charge < -0.3 is 9.47 Å². The van der Waals surface area contributed by atoms with Gasteiger partial charge in [0.25, 0.3) is 0 Å². The lowest BCUT2D eigenvalue weighted by molar-refractivity contribution is 0.286. The van der Waals surface area contributed by atoms with Crippen LogP contribution in [0.25, 0.3) is 0 Å². The maximum absolute atomic E-state index is 5.69. The number of methoxy groups -OCH3 is 1. The monoisotopic (exact) mass is 350 g/mol. The number of hydrogen-bond donors (Lipinski definition) is 0. The first kappa shape index (κ1) is 13.8. The van der Waals surface area contributed by atoms with Gasteiger partial charge >= 0.3 is 0 Å². The molecule has 1 aromatic rings. The maximum Gasteiger partial charge on any atom is 0.162 e. The smallest absolute Gasteiger partial charge is 0.162 e. The molecule has 1 rings (SSSR count). The van der Waals surface area contributed by atoms with Crippen molar-refractivity contribution >= 4 is 31.9 Å². The third-order valence-corrected chi connectivity index (χ3v) is 3.22. The van der Waals surface area contributed by atoms with Crippen molar-refractivity contribution in [1.82, 2.24) is 0 Å². The number of rotatable bonds is 7. The zero-order chi connectivity index (χ0) is 11.8. The Bertz CT molecular complexity index is 316. The summed E-state index contributed by atoms with van der Waals surface area (Å²) in [6.45, 7) is 0.736. The zero-order valence-electron chi connectivity index (χ0n) is 9.34. The number of benzene rings is 1. The molecule has 2 nitrogen and oxygen atoms in total. The third kappa shape index (κ3) is 4.74. The quantitative estimate of drug-likeness (QED) is 0.535. The molecule has 0 spiro atoms. The van der Waals surface area contributed by atoms with Crippen molar-refractivity contribution in [3.8, 4) is 11.5 Å². The molecule has 0 aliphatic rings. The van der Waals surface area contributed by atoms with Crippen LogP contribution in [0.2, 0.25) is 0 Å². The van der Waals surface area contributed by atoms with Gasteiger partial charge in [0.05, 0.1) is 13.7 Å². The van der Waals surface area contributed by atoms with Crippen molar-refractivity contribution in [2.45, 2.75) is 19.3 Å². The Morgan fingerprint density at radius 3 is 2.62 bits per heavy atom. The molecule has 0 amide bonds. The number of hydrogen-bond acceptors (Lipinski definition) is 2. The molecule has 0 fully saturated rings. The minimum atomic E-state index is 0.736. The van der Waals surface area contributed by atoms with E-state index in [1.807, 2.05) is 18.2 Å². The normalized spacial score (nSPS) is 10.2. The van der Waals surface area contributed by atoms with Crippen LogP contribution in [0, 0.1) is 0 Å². The van der Waals surface area contributed by atoms with Crippen LogP contribution in [0.3, 0.4) is 0 Å². The van der Waals surface area contributed by atoms with E-state index in [1.54, 1.807) is 7.11 Å². The van der Waals surface area contributed by atoms with E-state index in [0.717, 1.165) is 34.3 Å². The second-order valence-corrected chi connectivity index (χ2v) is 5.10. The minimum absolute atomic E-state index is 0.736. The van der Waals surface area contributed by atoms with Crippen molar-refractivity contribution in [1.29, 1.82) is 0 Å². The summed E-state index contributed by atoms with van der Waals surface area (Å²) in [5, 5.41) is 1.06. The fourth-order valence-electron chi connectivity index (χ4n) is 1.32. The van der Waals surface area contributed by atoms with Crippen LogP contribution in [0.4, 0.5) is 0 Å². The molecule has 0 unspecified atom stereocenters. The van der Waals surface area contributed by atoms with Gasteiger partial charge in [-0.15, -0.1) is 0 Å². The molecule has 0 radical (unpaired) electrons. The lowest BCUT2D eigenvalue weighted by Crippen LogP contribution is -1.99. The summed E-state index contributed by atoms with van der Waals surface area (Å²) in [7, 11) is 1.65. The van der Waals surface area contributed by atoms with Gasteiger partial charge in [-0.2, -0.15) is 0 Å². The van der Waals surface area contributed by atoms with E-state index in [-0.39, 0.29) is 0 Å². The average molecular weight is 352 g/mol. The van der Waals surface area contributed by atoms with Crippen LogP contribution in [-0.4, -0.2) is 19.0 Å². The first-order chi connectivity index (χ1) is 7.77. The number of unbranched alkanes of at least 4 members (excludes halogenated alkanes) is 2. The fraction of sp³-hybridized carbons (Fsp3) is 0.500. The van der Waals surface area contributed by atoms with Crippen LogP contribution < -0.4 is 9.47 Å². The molecule has 0 atom stereocenters. The lowest BCUT2D eigenvalue weighted by atomic mass is 10.2. The molecule has 0 N–H and O–H groups in total. The van der Waals surface area contributed by atoms with Gasteiger partial charge in [0.15, 0.2) is 11.5 Å². The minimum Gasteiger partial charge on any atom is -0.493 e. The summed E-state index contributed by atoms with van der Waals surface area (Å²) in [5.41, 5.74) is 0. The summed E-state index contributed by atoms with van der Waals surface area (Å²) in [6.07, 6.45) is 3.45. The molecule has 4 heteroatoms. The van der Waals surface area contributed by atoms with Gasteiger partial charge in [-0.05, 0) is 37.5 Å². The molecule has 0 bridgehead atoms. The number of alkyl halides is 1. The van der Waals surface area contributed by atoms with Crippen LogP contribution in [0.15, 0.2) is 22.7 Å². The average Bonchev–Trinajstić information content (AvgIpc) is 2.29. The molecule has 0 saturated carbocycles. The topological polar surface area (TPSA) is 18.5 Å². The molecule has 90 valence electrons. The van der Waals surface area contributed by atoms with Gasteiger partial charge in [-0.1, -0.05) is 31.9 Å². The van der Waals surface area contributed by atoms with E-state index in [1.165, 1.54) is 12.8 Å². The van der Waals surface area contributed by atoms with Crippen LogP contribution in [0.5, 0.6) is 11.5 Å². The predicted octanol–water partition coefficient (Wildman–Crippen LogP) is 4.40. The molecule has 0 aliphatic carbocycles. The lowest BCUT2D eigenvalue weighted by Gasteiger charge is -2.10. The maximum atomic E-state index is 5.69. The Morgan fingerprint density at radius 2 is 1.94 bits per heavy atom. The van der Waals surface area contributed by atoms with Gasteiger partial charge in [0.2, 0.25) is 0 Å². The first-order valence-electron chi connectivity index (χ1n) is 5.30. The predicted molar refractivity (Wildman–Crippen MR) is 73.8 cm³/mol. The van der Waals surface area contributed by atoms with Gasteiger partial charge in [0.1, 0.15) is 0 Å². The van der Waals surface area contributed by atoms with Crippen molar-refractivity contribution in [3.63, 3.8) is 0 Å². The fourth-order valence-corrected chi connectivity index (χ4v) is 2.06. The Kier molecular flexibility index (Phi) is 6.88. The largest absolute Gasteiger partial charge is 0.493 e. The van der Waals surface area contributed by atoms with Crippen molar-refractivity contribution in [2.75, 3.05) is 19.0 Å². The molecule has 0 saturated heterocycles. The molecule has 0 aromatic heterocycles. The standard InChI is InChI=1S/C12H16Br2O2/c1-15-11-6-5-10(14)9-12(11)16-8-4-2-3-7-13/h5-6,9H,2-4,7-8H2,1H3. The van der Waals surface area contributed by atoms with Crippen LogP contribution in [0.1, 0.15) is 19.3 Å². The summed E-state index contributed by atoms with van der Waals surface area (Å²) in [5.74, 6) is 1.58. The van der Waals surface area contributed by atoms with E-state index in [9.17, 15) is 0 Å². The second-order valence-electron chi connectivity index (χ2n) is 3.39. The highest BCUT2D eigenvalue weighted by Crippen LogP contribution is 2.30. The van der Waals surface area contributed by atoms with Crippen molar-refractivity contribution in [3.05, 3.63) is 22.7 Å². The summed E-state index contributed by atoms with van der Waals surface area (Å²) >= 11 is 6.83. The Labute approximate surface area is 114 Å². The van der Waals surface area contributed by atoms with Gasteiger partial charge in [0, 0.05) is 9.80 Å². The molecule has 16 heavy (non-hydrogen) atoms. The summed E-state index contributed by atoms with van der Waals surface area (Å²) < 4.78 is 11.9. The van der Waals surface area contributed by atoms with Gasteiger partial charge in [-0.3, -0.25) is 0 Å². The molecule has 0 heterocycles. The van der Waals surface area contributed by atoms with E-state index in [2.05, 4.69) is 31.9 Å². The number of ether oxygens (including phenoxy) is 2. The molecular formula is C12H16Br2O2. The molecule has 1 aromatic carbocycles. The van der Waals surface area contributed by atoms with Crippen molar-refractivity contribution in [2.24, 2.45) is 0 Å². The molecule has 0 aliphatic heterocycles. The summed E-state index contributed by atoms with van der Waals surface area (Å²) in [4.78, 5) is 0. The SMILES string of the molecule is COc1ccc(Br)cc1OCCCCCBr. The van der Waals surface area contributed by atoms with Gasteiger partial charge in [-0.25, -0.2) is 0 Å². The third-order valence-electron chi connectivity index (χ3n) is 2.16. The summed E-state index contributed by atoms with van der Waals surface area (Å²) in [6, 6.07) is 5.78. The van der Waals surface area contributed by atoms with E-state index >= 15 is 0 Å². The highest BCUT2D eigenvalue weighted by atomic mass is 79.9. The Hall–Kier alpha value is -0.220. The zero-order valence-corrected chi connectivity index (χ0v) is 12.5. The second kappa shape index (κ2) is 7.96. The first-order valence-corrected chi connectivity index (χ1v) is 7.21. The highest BCUT2D eigenvalue weighted by molar-refractivity contribution is 9.10. The van der Waals surface area contributed by atoms with Crippen LogP contribution in [-0.2, 0) is 0 Å². The van der Waals surface area contributed by atoms with E-state index in [4.69, 9.17) is 9.47 Å².